The molecule has 133 heavy (non-hydrogen) atoms. The minimum absolute atomic E-state index is 0. The minimum atomic E-state index is -1.77. The molecule has 0 aliphatic carbocycles. The smallest absolute Gasteiger partial charge is 0.114 e. The Bertz CT molecular complexity index is 7030. The van der Waals surface area contributed by atoms with Gasteiger partial charge in [-0.15, -0.1) is 184 Å². The molecule has 0 atom stereocenters. The summed E-state index contributed by atoms with van der Waals surface area (Å²) in [5, 5.41) is 16.4. The molecule has 0 amide bonds. The van der Waals surface area contributed by atoms with Crippen LogP contribution in [-0.2, 0) is 66.9 Å². The number of pyridine rings is 6. The van der Waals surface area contributed by atoms with E-state index in [0.29, 0.717) is 0 Å². The van der Waals surface area contributed by atoms with Gasteiger partial charge in [-0.1, -0.05) is 332 Å². The second-order valence-electron chi connectivity index (χ2n) is 34.3. The van der Waals surface area contributed by atoms with E-state index in [-0.39, 0.29) is 60.3 Å². The van der Waals surface area contributed by atoms with Crippen molar-refractivity contribution in [2.45, 2.75) is 65.8 Å². The third kappa shape index (κ3) is 21.6. The molecule has 8 aromatic heterocycles. The fourth-order valence-corrected chi connectivity index (χ4v) is 27.0. The molecular formula is C118H100Ir3N8Si4-6. The Morgan fingerprint density at radius 2 is 0.609 bits per heavy atom. The summed E-state index contributed by atoms with van der Waals surface area (Å²) < 4.78 is 4.67. The van der Waals surface area contributed by atoms with Crippen LogP contribution in [0.5, 0.6) is 0 Å². The van der Waals surface area contributed by atoms with Crippen molar-refractivity contribution in [2.24, 2.45) is 0 Å². The third-order valence-electron chi connectivity index (χ3n) is 24.9. The predicted molar refractivity (Wildman–Crippen MR) is 556 cm³/mol. The normalized spacial score (nSPS) is 11.6. The zero-order chi connectivity index (χ0) is 89.4. The van der Waals surface area contributed by atoms with Crippen molar-refractivity contribution in [3.63, 3.8) is 0 Å². The molecule has 0 unspecified atom stereocenters. The van der Waals surface area contributed by atoms with E-state index in [0.717, 1.165) is 85.3 Å². The minimum Gasteiger partial charge on any atom is -0.381 e. The number of hydrogen-bond donors (Lipinski definition) is 0. The maximum absolute atomic E-state index is 4.89. The van der Waals surface area contributed by atoms with E-state index in [1.807, 2.05) is 127 Å². The first kappa shape index (κ1) is 96.2. The molecule has 15 heteroatoms. The maximum Gasteiger partial charge on any atom is 0.114 e. The zero-order valence-electron chi connectivity index (χ0n) is 75.8. The molecule has 0 fully saturated rings. The van der Waals surface area contributed by atoms with Crippen LogP contribution in [0.2, 0.25) is 52.4 Å². The molecule has 21 aromatic rings. The van der Waals surface area contributed by atoms with Crippen molar-refractivity contribution in [3.05, 3.63) is 468 Å². The quantitative estimate of drug-likeness (QED) is 0.0796. The Morgan fingerprint density at radius 3 is 1.01 bits per heavy atom. The molecule has 1 aliphatic rings. The van der Waals surface area contributed by atoms with Crippen molar-refractivity contribution in [1.82, 2.24) is 39.0 Å². The van der Waals surface area contributed by atoms with E-state index < -0.39 is 32.3 Å². The summed E-state index contributed by atoms with van der Waals surface area (Å²) in [5.41, 5.74) is 20.9. The van der Waals surface area contributed by atoms with Gasteiger partial charge in [0.2, 0.25) is 0 Å². The predicted octanol–water partition coefficient (Wildman–Crippen LogP) is 23.8. The first-order valence-corrected chi connectivity index (χ1v) is 56.3. The molecule has 22 rings (SSSR count). The van der Waals surface area contributed by atoms with Crippen LogP contribution >= 0.6 is 0 Å². The molecule has 0 spiro atoms. The summed E-state index contributed by atoms with van der Waals surface area (Å²) >= 11 is 0. The third-order valence-corrected chi connectivity index (χ3v) is 39.0. The van der Waals surface area contributed by atoms with E-state index in [4.69, 9.17) is 15.0 Å². The van der Waals surface area contributed by atoms with Crippen molar-refractivity contribution in [2.75, 3.05) is 0 Å². The number of nitrogens with zero attached hydrogens (tertiary/aromatic N) is 8. The summed E-state index contributed by atoms with van der Waals surface area (Å²) in [5.74, 6) is 0. The van der Waals surface area contributed by atoms with Crippen LogP contribution in [0.3, 0.4) is 0 Å². The molecule has 0 bridgehead atoms. The molecule has 661 valence electrons. The van der Waals surface area contributed by atoms with Crippen molar-refractivity contribution in [1.29, 1.82) is 0 Å². The average Bonchev–Trinajstić information content (AvgIpc) is 1.58. The standard InChI is InChI=1S/C31H25N2Si.C27H25N2Si.C27H26NSi2.3C11H8N.3Ir/c1-34(2,25-13-7-4-8-14-25)26-18-19-29(32-22-26)23-17-20-31-28(21-23)27-15-9-10-16-30(27)33(31)24-11-5-3-6-12-24;1-4-29-26-13-9-8-12-23(26)24-18-20(14-17-27(24)29)25-16-15-22(19-28-25)30(2,3)21-10-6-5-7-11-21;1-29(2,21-10-6-5-7-11-21)22-15-16-25(28-19-22)20-14-17-27-24(18-20)23-12-8-9-13-26(23)30(27,3)4;3*1-2-6-10(7-3-1)11-8-4-5-9-12-11;;;/h3-16,18-22H,1-2H3;5-13,15-19H,4H2,1-3H3;5-13,15-19H,1-4H3;3*1-6,8-9H;;;/q6*-1;;;. The molecule has 0 saturated heterocycles. The number of rotatable bonds is 14. The fourth-order valence-electron chi connectivity index (χ4n) is 17.2. The molecule has 9 heterocycles. The zero-order valence-corrected chi connectivity index (χ0v) is 87.0. The van der Waals surface area contributed by atoms with Crippen molar-refractivity contribution >= 4 is 117 Å². The summed E-state index contributed by atoms with van der Waals surface area (Å²) in [4.78, 5) is 27.3. The maximum atomic E-state index is 4.89. The second kappa shape index (κ2) is 44.1. The average molecular weight is 2320 g/mol. The second-order valence-corrected chi connectivity index (χ2v) is 51.9. The molecule has 0 N–H and O–H groups in total. The van der Waals surface area contributed by atoms with Gasteiger partial charge in [0.05, 0.1) is 8.07 Å². The fraction of sp³-hybridized carbons (Fsp3) is 0.0847. The Hall–Kier alpha value is -12.8. The van der Waals surface area contributed by atoms with E-state index in [2.05, 4.69) is 405 Å². The Morgan fingerprint density at radius 1 is 0.263 bits per heavy atom. The van der Waals surface area contributed by atoms with Crippen LogP contribution in [0.25, 0.3) is 128 Å². The van der Waals surface area contributed by atoms with Gasteiger partial charge in [0, 0.05) is 121 Å². The summed E-state index contributed by atoms with van der Waals surface area (Å²) in [7, 11) is -6.86. The SMILES string of the molecule is CCn1c2c[c-]c(-c3ccc([Si](C)(C)c4ccccc4)cn3)cc2c2ccccc21.C[Si](C)(c1ccccc1)c1ccc(-c2[c-]cc3c(c2)-c2ccccc2[Si]3(C)C)nc1.C[Si](C)(c1ccccc1)c1ccc(-c2[c-]cc3c(c2)c2ccccc2n3-c2ccccc2)nc1.[Ir].[Ir].[Ir].[c-]1ccccc1-c1ccccn1.[c-]1ccccc1-c1ccccn1.[c-]1ccccc1-c1ccccn1. The monoisotopic (exact) mass is 2320 g/mol. The van der Waals surface area contributed by atoms with Crippen LogP contribution < -0.4 is 41.5 Å². The van der Waals surface area contributed by atoms with Gasteiger partial charge in [0.25, 0.3) is 0 Å². The first-order chi connectivity index (χ1) is 63.5. The van der Waals surface area contributed by atoms with Crippen LogP contribution in [0, 0.1) is 36.4 Å². The van der Waals surface area contributed by atoms with E-state index >= 15 is 0 Å². The van der Waals surface area contributed by atoms with E-state index in [9.17, 15) is 0 Å². The van der Waals surface area contributed by atoms with Crippen molar-refractivity contribution in [3.8, 4) is 84.4 Å². The summed E-state index contributed by atoms with van der Waals surface area (Å²) in [6.07, 6.45) is 11.6. The number of aromatic nitrogens is 8. The van der Waals surface area contributed by atoms with Gasteiger partial charge in [-0.3, -0.25) is 0 Å². The van der Waals surface area contributed by atoms with Gasteiger partial charge in [0.1, 0.15) is 24.2 Å². The van der Waals surface area contributed by atoms with Gasteiger partial charge >= 0.3 is 0 Å². The number of para-hydroxylation sites is 3. The molecule has 1 aliphatic heterocycles. The van der Waals surface area contributed by atoms with Crippen LogP contribution in [0.4, 0.5) is 0 Å². The Labute approximate surface area is 827 Å². The first-order valence-electron chi connectivity index (χ1n) is 44.3. The number of hydrogen-bond acceptors (Lipinski definition) is 6. The van der Waals surface area contributed by atoms with Crippen molar-refractivity contribution < 1.29 is 60.3 Å². The number of fused-ring (bicyclic) bond motifs is 9. The van der Waals surface area contributed by atoms with Gasteiger partial charge < -0.3 is 39.0 Å². The van der Waals surface area contributed by atoms with Crippen LogP contribution in [0.15, 0.2) is 431 Å². The molecule has 8 nitrogen and oxygen atoms in total. The van der Waals surface area contributed by atoms with Crippen LogP contribution in [-0.4, -0.2) is 71.3 Å². The van der Waals surface area contributed by atoms with Gasteiger partial charge in [-0.05, 0) is 126 Å². The topological polar surface area (TPSA) is 87.2 Å². The molecular weight excluding hydrogens is 2220 g/mol. The molecule has 13 aromatic carbocycles. The summed E-state index contributed by atoms with van der Waals surface area (Å²) in [6, 6.07) is 157. The van der Waals surface area contributed by atoms with Crippen LogP contribution in [0.1, 0.15) is 6.92 Å². The van der Waals surface area contributed by atoms with Gasteiger partial charge in [-0.25, -0.2) is 0 Å². The van der Waals surface area contributed by atoms with E-state index in [1.165, 1.54) is 90.7 Å². The molecule has 0 saturated carbocycles. The van der Waals surface area contributed by atoms with Gasteiger partial charge in [-0.2, -0.15) is 0 Å². The Balaban J connectivity index is 0.000000134. The summed E-state index contributed by atoms with van der Waals surface area (Å²) in [6.45, 7) is 22.3. The van der Waals surface area contributed by atoms with E-state index in [1.54, 1.807) is 18.6 Å². The Kier molecular flexibility index (Phi) is 31.9. The largest absolute Gasteiger partial charge is 0.381 e. The van der Waals surface area contributed by atoms with Gasteiger partial charge in [0.15, 0.2) is 0 Å². The molecule has 3 radical (unpaired) electrons. The number of benzene rings is 13. The number of aryl methyl sites for hydroxylation is 1.